The maximum absolute atomic E-state index is 11.7. The molecule has 0 aromatic carbocycles. The Bertz CT molecular complexity index is 313. The highest BCUT2D eigenvalue weighted by molar-refractivity contribution is 9.10. The summed E-state index contributed by atoms with van der Waals surface area (Å²) < 4.78 is 15.4. The van der Waals surface area contributed by atoms with E-state index in [-0.39, 0.29) is 18.7 Å². The van der Waals surface area contributed by atoms with E-state index in [1.54, 1.807) is 6.08 Å². The van der Waals surface area contributed by atoms with Gasteiger partial charge in [-0.2, -0.15) is 0 Å². The molecule has 1 fully saturated rings. The molecule has 3 aliphatic rings. The van der Waals surface area contributed by atoms with Crippen LogP contribution in [0.25, 0.3) is 0 Å². The fourth-order valence-corrected chi connectivity index (χ4v) is 1.76. The SMILES string of the molecule is CC1(C)OCC2C=CC(Br)(CO1)C(=O)O2. The van der Waals surface area contributed by atoms with Crippen LogP contribution in [0.5, 0.6) is 0 Å². The molecule has 0 aromatic rings. The van der Waals surface area contributed by atoms with Crippen LogP contribution >= 0.6 is 15.9 Å². The Morgan fingerprint density at radius 2 is 2.20 bits per heavy atom. The summed E-state index contributed by atoms with van der Waals surface area (Å²) in [7, 11) is 0. The molecular weight excluding hydrogens is 264 g/mol. The third-order valence-corrected chi connectivity index (χ3v) is 3.21. The molecule has 15 heavy (non-hydrogen) atoms. The molecule has 3 heterocycles. The van der Waals surface area contributed by atoms with Gasteiger partial charge in [0.05, 0.1) is 13.2 Å². The van der Waals surface area contributed by atoms with Crippen LogP contribution in [0.3, 0.4) is 0 Å². The van der Waals surface area contributed by atoms with Gasteiger partial charge in [-0.15, -0.1) is 0 Å². The van der Waals surface area contributed by atoms with Gasteiger partial charge in [-0.3, -0.25) is 4.79 Å². The highest BCUT2D eigenvalue weighted by Gasteiger charge is 2.43. The fourth-order valence-electron chi connectivity index (χ4n) is 1.40. The first-order valence-corrected chi connectivity index (χ1v) is 5.58. The van der Waals surface area contributed by atoms with Crippen molar-refractivity contribution in [2.45, 2.75) is 30.1 Å². The Balaban J connectivity index is 2.26. The number of carbonyl (C=O) groups excluding carboxylic acids is 1. The van der Waals surface area contributed by atoms with Crippen molar-refractivity contribution < 1.29 is 19.0 Å². The molecule has 3 aliphatic heterocycles. The van der Waals surface area contributed by atoms with Crippen LogP contribution in [0.2, 0.25) is 0 Å². The van der Waals surface area contributed by atoms with Crippen molar-refractivity contribution in [3.63, 3.8) is 0 Å². The van der Waals surface area contributed by atoms with E-state index in [0.29, 0.717) is 6.61 Å². The lowest BCUT2D eigenvalue weighted by atomic mass is 10.1. The molecule has 84 valence electrons. The number of hydrogen-bond donors (Lipinski definition) is 0. The minimum atomic E-state index is -0.867. The molecular formula is C10H13BrO4. The Morgan fingerprint density at radius 3 is 2.87 bits per heavy atom. The minimum Gasteiger partial charge on any atom is -0.454 e. The van der Waals surface area contributed by atoms with Crippen molar-refractivity contribution >= 4 is 21.9 Å². The zero-order valence-electron chi connectivity index (χ0n) is 8.66. The molecule has 4 nitrogen and oxygen atoms in total. The molecule has 0 radical (unpaired) electrons. The van der Waals surface area contributed by atoms with Gasteiger partial charge >= 0.3 is 5.97 Å². The van der Waals surface area contributed by atoms with Crippen molar-refractivity contribution in [2.75, 3.05) is 13.2 Å². The molecule has 5 heteroatoms. The van der Waals surface area contributed by atoms with E-state index < -0.39 is 10.1 Å². The van der Waals surface area contributed by atoms with E-state index >= 15 is 0 Å². The zero-order valence-corrected chi connectivity index (χ0v) is 10.2. The van der Waals surface area contributed by atoms with Gasteiger partial charge in [-0.25, -0.2) is 0 Å². The lowest BCUT2D eigenvalue weighted by molar-refractivity contribution is -0.215. The summed E-state index contributed by atoms with van der Waals surface area (Å²) in [5.41, 5.74) is 0. The van der Waals surface area contributed by atoms with Crippen molar-refractivity contribution in [1.29, 1.82) is 0 Å². The largest absolute Gasteiger partial charge is 0.454 e. The van der Waals surface area contributed by atoms with Gasteiger partial charge < -0.3 is 14.2 Å². The Morgan fingerprint density at radius 1 is 1.47 bits per heavy atom. The summed E-state index contributed by atoms with van der Waals surface area (Å²) in [5.74, 6) is -1.02. The van der Waals surface area contributed by atoms with Gasteiger partial charge in [0.1, 0.15) is 6.10 Å². The van der Waals surface area contributed by atoms with E-state index in [2.05, 4.69) is 15.9 Å². The van der Waals surface area contributed by atoms with Crippen LogP contribution in [0.1, 0.15) is 13.8 Å². The molecule has 2 bridgehead atoms. The lowest BCUT2D eigenvalue weighted by Gasteiger charge is -2.27. The third-order valence-electron chi connectivity index (χ3n) is 2.40. The average Bonchev–Trinajstić information content (AvgIpc) is 2.24. The fraction of sp³-hybridized carbons (Fsp3) is 0.700. The topological polar surface area (TPSA) is 44.8 Å². The monoisotopic (exact) mass is 276 g/mol. The highest BCUT2D eigenvalue weighted by atomic mass is 79.9. The molecule has 0 amide bonds. The number of alkyl halides is 1. The van der Waals surface area contributed by atoms with E-state index in [9.17, 15) is 4.79 Å². The number of ether oxygens (including phenoxy) is 3. The van der Waals surface area contributed by atoms with Gasteiger partial charge in [0.2, 0.25) is 0 Å². The quantitative estimate of drug-likeness (QED) is 0.381. The van der Waals surface area contributed by atoms with Crippen LogP contribution in [0.4, 0.5) is 0 Å². The number of fused-ring (bicyclic) bond motifs is 5. The Kier molecular flexibility index (Phi) is 2.65. The van der Waals surface area contributed by atoms with E-state index in [1.165, 1.54) is 0 Å². The summed E-state index contributed by atoms with van der Waals surface area (Å²) in [6.45, 7) is 4.15. The highest BCUT2D eigenvalue weighted by Crippen LogP contribution is 2.31. The maximum atomic E-state index is 11.7. The van der Waals surface area contributed by atoms with E-state index in [4.69, 9.17) is 14.2 Å². The van der Waals surface area contributed by atoms with Crippen molar-refractivity contribution in [2.24, 2.45) is 0 Å². The molecule has 2 atom stereocenters. The third kappa shape index (κ3) is 2.24. The van der Waals surface area contributed by atoms with Gasteiger partial charge in [0.15, 0.2) is 10.1 Å². The van der Waals surface area contributed by atoms with Crippen LogP contribution in [-0.4, -0.2) is 35.4 Å². The molecule has 0 N–H and O–H groups in total. The van der Waals surface area contributed by atoms with Gasteiger partial charge in [-0.1, -0.05) is 22.0 Å². The first kappa shape index (κ1) is 11.1. The zero-order chi connectivity index (χ0) is 11.1. The average molecular weight is 277 g/mol. The second-order valence-electron chi connectivity index (χ2n) is 4.16. The number of hydrogen-bond acceptors (Lipinski definition) is 4. The van der Waals surface area contributed by atoms with Crippen LogP contribution < -0.4 is 0 Å². The number of carbonyl (C=O) groups is 1. The van der Waals surface area contributed by atoms with E-state index in [0.717, 1.165) is 0 Å². The Hall–Kier alpha value is -0.390. The predicted molar refractivity (Wildman–Crippen MR) is 56.7 cm³/mol. The first-order valence-electron chi connectivity index (χ1n) is 4.79. The van der Waals surface area contributed by atoms with Gasteiger partial charge in [0.25, 0.3) is 0 Å². The van der Waals surface area contributed by atoms with Gasteiger partial charge in [-0.05, 0) is 19.9 Å². The normalized spacial score (nSPS) is 39.1. The smallest absolute Gasteiger partial charge is 0.329 e. The van der Waals surface area contributed by atoms with Crippen molar-refractivity contribution in [1.82, 2.24) is 0 Å². The summed E-state index contributed by atoms with van der Waals surface area (Å²) in [6, 6.07) is 0. The molecule has 1 saturated heterocycles. The van der Waals surface area contributed by atoms with Gasteiger partial charge in [0, 0.05) is 0 Å². The number of halogens is 1. The van der Waals surface area contributed by atoms with Crippen LogP contribution in [0, 0.1) is 0 Å². The lowest BCUT2D eigenvalue weighted by Crippen LogP contribution is -2.42. The second kappa shape index (κ2) is 3.57. The molecule has 0 spiro atoms. The molecule has 2 unspecified atom stereocenters. The van der Waals surface area contributed by atoms with Crippen molar-refractivity contribution in [3.05, 3.63) is 12.2 Å². The second-order valence-corrected chi connectivity index (χ2v) is 5.58. The minimum absolute atomic E-state index is 0.196. The standard InChI is InChI=1S/C10H13BrO4/c1-9(2)13-5-7-3-4-10(11,6-14-9)8(12)15-7/h3-4,7H,5-6H2,1-2H3. The van der Waals surface area contributed by atoms with Crippen LogP contribution in [-0.2, 0) is 19.0 Å². The molecule has 0 saturated carbocycles. The summed E-state index contributed by atoms with van der Waals surface area (Å²) in [4.78, 5) is 11.7. The van der Waals surface area contributed by atoms with Crippen LogP contribution in [0.15, 0.2) is 12.2 Å². The number of rotatable bonds is 0. The molecule has 0 aliphatic carbocycles. The molecule has 3 rings (SSSR count). The first-order chi connectivity index (χ1) is 6.91. The maximum Gasteiger partial charge on any atom is 0.329 e. The summed E-state index contributed by atoms with van der Waals surface area (Å²) in [5, 5.41) is 0. The summed E-state index contributed by atoms with van der Waals surface area (Å²) in [6.07, 6.45) is 3.28. The van der Waals surface area contributed by atoms with E-state index in [1.807, 2.05) is 19.9 Å². The number of esters is 1. The van der Waals surface area contributed by atoms with Crippen molar-refractivity contribution in [3.8, 4) is 0 Å². The Labute approximate surface area is 96.7 Å². The predicted octanol–water partition coefficient (Wildman–Crippen LogP) is 1.38. The molecule has 0 aromatic heterocycles. The summed E-state index contributed by atoms with van der Waals surface area (Å²) >= 11 is 3.33.